The Hall–Kier alpha value is -0.850. The summed E-state index contributed by atoms with van der Waals surface area (Å²) in [6, 6.07) is 2.20. The van der Waals surface area contributed by atoms with Crippen LogP contribution in [0.2, 0.25) is 0 Å². The Morgan fingerprint density at radius 3 is 2.67 bits per heavy atom. The van der Waals surface area contributed by atoms with E-state index in [1.54, 1.807) is 13.0 Å². The maximum Gasteiger partial charge on any atom is 0.244 e. The van der Waals surface area contributed by atoms with E-state index in [9.17, 15) is 8.42 Å². The molecule has 21 heavy (non-hydrogen) atoms. The van der Waals surface area contributed by atoms with E-state index in [1.807, 2.05) is 6.92 Å². The van der Waals surface area contributed by atoms with Gasteiger partial charge in [0, 0.05) is 18.2 Å². The monoisotopic (exact) mass is 314 g/mol. The van der Waals surface area contributed by atoms with Gasteiger partial charge in [-0.05, 0) is 32.6 Å². The highest BCUT2D eigenvalue weighted by atomic mass is 32.2. The van der Waals surface area contributed by atoms with Crippen LogP contribution in [0.25, 0.3) is 0 Å². The van der Waals surface area contributed by atoms with E-state index in [2.05, 4.69) is 17.0 Å². The molecule has 1 aromatic rings. The fourth-order valence-electron chi connectivity index (χ4n) is 2.39. The van der Waals surface area contributed by atoms with Crippen LogP contribution in [0.5, 0.6) is 0 Å². The Morgan fingerprint density at radius 2 is 2.10 bits per heavy atom. The first-order valence-corrected chi connectivity index (χ1v) is 9.29. The Labute approximate surface area is 127 Å². The summed E-state index contributed by atoms with van der Waals surface area (Å²) in [6.45, 7) is 6.35. The molecule has 1 heterocycles. The lowest BCUT2D eigenvalue weighted by Gasteiger charge is -2.15. The molecule has 1 aromatic heterocycles. The molecule has 1 aliphatic carbocycles. The number of furan rings is 1. The van der Waals surface area contributed by atoms with E-state index < -0.39 is 10.0 Å². The average Bonchev–Trinajstić information content (AvgIpc) is 3.18. The number of sulfonamides is 1. The second kappa shape index (κ2) is 6.94. The molecule has 0 amide bonds. The molecule has 0 saturated heterocycles. The Balaban J connectivity index is 2.07. The van der Waals surface area contributed by atoms with Crippen molar-refractivity contribution in [2.75, 3.05) is 0 Å². The summed E-state index contributed by atoms with van der Waals surface area (Å²) < 4.78 is 33.3. The maximum absolute atomic E-state index is 12.5. The van der Waals surface area contributed by atoms with E-state index in [4.69, 9.17) is 4.42 Å². The lowest BCUT2D eigenvalue weighted by molar-refractivity contribution is 0.455. The third-order valence-electron chi connectivity index (χ3n) is 3.81. The molecule has 1 aliphatic rings. The van der Waals surface area contributed by atoms with Crippen LogP contribution >= 0.6 is 0 Å². The highest BCUT2D eigenvalue weighted by Crippen LogP contribution is 2.23. The smallest absolute Gasteiger partial charge is 0.244 e. The van der Waals surface area contributed by atoms with Crippen molar-refractivity contribution < 1.29 is 12.8 Å². The predicted octanol–water partition coefficient (Wildman–Crippen LogP) is 2.70. The molecule has 2 rings (SSSR count). The lowest BCUT2D eigenvalue weighted by Crippen LogP contribution is -2.34. The second-order valence-corrected chi connectivity index (χ2v) is 7.49. The van der Waals surface area contributed by atoms with Gasteiger partial charge in [0.15, 0.2) is 0 Å². The van der Waals surface area contributed by atoms with Gasteiger partial charge in [-0.25, -0.2) is 13.1 Å². The first kappa shape index (κ1) is 16.5. The van der Waals surface area contributed by atoms with Gasteiger partial charge in [0.1, 0.15) is 16.4 Å². The standard InChI is InChI=1S/C15H26N2O3S/c1-4-6-12(5-2)17-21(18,19)15-9-14(20-11(15)3)10-16-13-7-8-13/h9,12-13,16-17H,4-8,10H2,1-3H3. The van der Waals surface area contributed by atoms with Gasteiger partial charge in [0.05, 0.1) is 6.54 Å². The minimum atomic E-state index is -3.50. The quantitative estimate of drug-likeness (QED) is 0.735. The van der Waals surface area contributed by atoms with E-state index in [-0.39, 0.29) is 10.9 Å². The molecule has 1 saturated carbocycles. The van der Waals surface area contributed by atoms with Gasteiger partial charge >= 0.3 is 0 Å². The maximum atomic E-state index is 12.5. The number of rotatable bonds is 9. The fourth-order valence-corrected chi connectivity index (χ4v) is 3.95. The van der Waals surface area contributed by atoms with Crippen LogP contribution in [0.1, 0.15) is 57.5 Å². The molecular weight excluding hydrogens is 288 g/mol. The number of hydrogen-bond donors (Lipinski definition) is 2. The Morgan fingerprint density at radius 1 is 1.38 bits per heavy atom. The van der Waals surface area contributed by atoms with Crippen molar-refractivity contribution >= 4 is 10.0 Å². The zero-order valence-electron chi connectivity index (χ0n) is 13.1. The highest BCUT2D eigenvalue weighted by Gasteiger charge is 2.25. The van der Waals surface area contributed by atoms with Crippen molar-refractivity contribution in [1.29, 1.82) is 0 Å². The Bertz CT molecular complexity index is 561. The van der Waals surface area contributed by atoms with Crippen LogP contribution in [-0.4, -0.2) is 20.5 Å². The first-order valence-electron chi connectivity index (χ1n) is 7.81. The minimum absolute atomic E-state index is 0.0117. The molecule has 0 bridgehead atoms. The molecule has 6 heteroatoms. The van der Waals surface area contributed by atoms with Crippen molar-refractivity contribution in [1.82, 2.24) is 10.0 Å². The highest BCUT2D eigenvalue weighted by molar-refractivity contribution is 7.89. The first-order chi connectivity index (χ1) is 9.96. The molecular formula is C15H26N2O3S. The molecule has 0 aliphatic heterocycles. The molecule has 2 N–H and O–H groups in total. The molecule has 5 nitrogen and oxygen atoms in total. The molecule has 0 radical (unpaired) electrons. The van der Waals surface area contributed by atoms with Crippen molar-refractivity contribution in [3.8, 4) is 0 Å². The minimum Gasteiger partial charge on any atom is -0.464 e. The van der Waals surface area contributed by atoms with Gasteiger partial charge < -0.3 is 9.73 Å². The van der Waals surface area contributed by atoms with Crippen molar-refractivity contribution in [2.45, 2.75) is 76.4 Å². The third-order valence-corrected chi connectivity index (χ3v) is 5.43. The van der Waals surface area contributed by atoms with E-state index in [1.165, 1.54) is 12.8 Å². The SMILES string of the molecule is CCCC(CC)NS(=O)(=O)c1cc(CNC2CC2)oc1C. The van der Waals surface area contributed by atoms with E-state index >= 15 is 0 Å². The predicted molar refractivity (Wildman–Crippen MR) is 82.6 cm³/mol. The molecule has 0 aromatic carbocycles. The summed E-state index contributed by atoms with van der Waals surface area (Å²) in [4.78, 5) is 0.268. The van der Waals surface area contributed by atoms with E-state index in [0.717, 1.165) is 19.3 Å². The molecule has 1 unspecified atom stereocenters. The average molecular weight is 314 g/mol. The molecule has 1 fully saturated rings. The van der Waals surface area contributed by atoms with Crippen molar-refractivity contribution in [3.63, 3.8) is 0 Å². The number of aryl methyl sites for hydroxylation is 1. The zero-order chi connectivity index (χ0) is 15.5. The normalized spacial score (nSPS) is 17.1. The number of nitrogens with one attached hydrogen (secondary N) is 2. The topological polar surface area (TPSA) is 71.3 Å². The van der Waals surface area contributed by atoms with Crippen molar-refractivity contribution in [2.24, 2.45) is 0 Å². The largest absolute Gasteiger partial charge is 0.464 e. The van der Waals surface area contributed by atoms with Gasteiger partial charge in [-0.1, -0.05) is 20.3 Å². The summed E-state index contributed by atoms with van der Waals surface area (Å²) in [7, 11) is -3.50. The van der Waals surface area contributed by atoms with Crippen LogP contribution in [0.15, 0.2) is 15.4 Å². The van der Waals surface area contributed by atoms with Crippen LogP contribution in [0.4, 0.5) is 0 Å². The van der Waals surface area contributed by atoms with Crippen LogP contribution in [0, 0.1) is 6.92 Å². The van der Waals surface area contributed by atoms with E-state index in [0.29, 0.717) is 24.1 Å². The summed E-state index contributed by atoms with van der Waals surface area (Å²) in [5.74, 6) is 1.14. The molecule has 0 spiro atoms. The molecule has 120 valence electrons. The summed E-state index contributed by atoms with van der Waals surface area (Å²) in [5, 5.41) is 3.33. The molecule has 1 atom stereocenters. The van der Waals surface area contributed by atoms with Crippen LogP contribution in [0.3, 0.4) is 0 Å². The van der Waals surface area contributed by atoms with Crippen LogP contribution < -0.4 is 10.0 Å². The van der Waals surface area contributed by atoms with Gasteiger partial charge in [0.25, 0.3) is 0 Å². The Kier molecular flexibility index (Phi) is 5.46. The number of hydrogen-bond acceptors (Lipinski definition) is 4. The van der Waals surface area contributed by atoms with Crippen molar-refractivity contribution in [3.05, 3.63) is 17.6 Å². The van der Waals surface area contributed by atoms with Gasteiger partial charge in [-0.15, -0.1) is 0 Å². The second-order valence-electron chi connectivity index (χ2n) is 5.80. The van der Waals surface area contributed by atoms with Crippen LogP contribution in [-0.2, 0) is 16.6 Å². The summed E-state index contributed by atoms with van der Waals surface area (Å²) in [5.41, 5.74) is 0. The van der Waals surface area contributed by atoms with Gasteiger partial charge in [-0.2, -0.15) is 0 Å². The fraction of sp³-hybridized carbons (Fsp3) is 0.733. The summed E-state index contributed by atoms with van der Waals surface area (Å²) >= 11 is 0. The summed E-state index contributed by atoms with van der Waals surface area (Å²) in [6.07, 6.45) is 4.99. The lowest BCUT2D eigenvalue weighted by atomic mass is 10.1. The third kappa shape index (κ3) is 4.56. The zero-order valence-corrected chi connectivity index (χ0v) is 13.9. The van der Waals surface area contributed by atoms with Gasteiger partial charge in [0.2, 0.25) is 10.0 Å². The van der Waals surface area contributed by atoms with Gasteiger partial charge in [-0.3, -0.25) is 0 Å².